The van der Waals surface area contributed by atoms with E-state index in [1.807, 2.05) is 12.2 Å². The van der Waals surface area contributed by atoms with E-state index in [2.05, 4.69) is 4.84 Å². The molecule has 0 rings (SSSR count). The Morgan fingerprint density at radius 1 is 1.12 bits per heavy atom. The number of aliphatic carboxylic acids is 1. The number of hydrogen-bond acceptors (Lipinski definition) is 8. The molecule has 0 aromatic rings. The second-order valence-corrected chi connectivity index (χ2v) is 5.46. The predicted octanol–water partition coefficient (Wildman–Crippen LogP) is -0.829. The Kier molecular flexibility index (Phi) is 10.3. The first-order chi connectivity index (χ1) is 12.1. The van der Waals surface area contributed by atoms with Crippen LogP contribution >= 0.6 is 0 Å². The van der Waals surface area contributed by atoms with Gasteiger partial charge in [0.05, 0.1) is 19.4 Å². The molecule has 8 N–H and O–H groups in total. The monoisotopic (exact) mass is 375 g/mol. The largest absolute Gasteiger partial charge is 0.479 e. The van der Waals surface area contributed by atoms with Crippen molar-refractivity contribution in [2.45, 2.75) is 51.0 Å². The van der Waals surface area contributed by atoms with Crippen molar-refractivity contribution < 1.29 is 34.2 Å². The molecule has 0 heterocycles. The summed E-state index contributed by atoms with van der Waals surface area (Å²) in [6, 6.07) is 0. The maximum absolute atomic E-state index is 11.7. The van der Waals surface area contributed by atoms with Crippen LogP contribution in [0.1, 0.15) is 45.4 Å². The Morgan fingerprint density at radius 3 is 2.27 bits per heavy atom. The Bertz CT molecular complexity index is 540. The van der Waals surface area contributed by atoms with E-state index in [1.165, 1.54) is 0 Å². The number of hydroxylamine groups is 1. The van der Waals surface area contributed by atoms with Crippen LogP contribution in [-0.2, 0) is 24.0 Å². The lowest BCUT2D eigenvalue weighted by molar-refractivity contribution is -0.174. The zero-order valence-electron chi connectivity index (χ0n) is 14.5. The van der Waals surface area contributed by atoms with Gasteiger partial charge in [-0.25, -0.2) is 9.59 Å². The number of carboxylic acids is 1. The normalized spacial score (nSPS) is 12.4. The van der Waals surface area contributed by atoms with Crippen molar-refractivity contribution in [2.75, 3.05) is 6.61 Å². The SMILES string of the molecule is CCCCCCOC(=O)CC(O)(CC(=O)ONC(=N)NC(=N)N)C(=O)O. The van der Waals surface area contributed by atoms with Crippen LogP contribution in [0.3, 0.4) is 0 Å². The lowest BCUT2D eigenvalue weighted by Gasteiger charge is -2.21. The van der Waals surface area contributed by atoms with E-state index < -0.39 is 48.3 Å². The number of rotatable bonds is 10. The summed E-state index contributed by atoms with van der Waals surface area (Å²) in [5.74, 6) is -5.26. The van der Waals surface area contributed by atoms with Crippen LogP contribution in [-0.4, -0.2) is 52.2 Å². The average Bonchev–Trinajstić information content (AvgIpc) is 2.51. The topological polar surface area (TPSA) is 208 Å². The molecule has 0 amide bonds. The minimum Gasteiger partial charge on any atom is -0.479 e. The van der Waals surface area contributed by atoms with Crippen LogP contribution in [0.15, 0.2) is 0 Å². The van der Waals surface area contributed by atoms with Crippen LogP contribution in [0.2, 0.25) is 0 Å². The summed E-state index contributed by atoms with van der Waals surface area (Å²) in [5.41, 5.74) is 4.00. The highest BCUT2D eigenvalue weighted by Gasteiger charge is 2.42. The smallest absolute Gasteiger partial charge is 0.336 e. The standard InChI is InChI=1S/C14H25N5O7/c1-2-3-4-5-6-25-9(20)7-14(24,11(22)23)8-10(21)26-19-13(17)18-12(15)16/h24H,2-8H2,1H3,(H,22,23)(H6,15,16,17,18,19). The van der Waals surface area contributed by atoms with E-state index in [0.717, 1.165) is 19.3 Å². The number of ether oxygens (including phenoxy) is 1. The Labute approximate surface area is 150 Å². The van der Waals surface area contributed by atoms with E-state index >= 15 is 0 Å². The van der Waals surface area contributed by atoms with Gasteiger partial charge in [-0.1, -0.05) is 26.2 Å². The molecule has 0 bridgehead atoms. The Hall–Kier alpha value is -2.89. The molecule has 12 heteroatoms. The van der Waals surface area contributed by atoms with E-state index in [0.29, 0.717) is 6.42 Å². The number of aliphatic hydroxyl groups is 1. The summed E-state index contributed by atoms with van der Waals surface area (Å²) in [5, 5.41) is 35.1. The number of carbonyl (C=O) groups excluding carboxylic acids is 2. The first-order valence-corrected chi connectivity index (χ1v) is 7.87. The van der Waals surface area contributed by atoms with Crippen molar-refractivity contribution in [2.24, 2.45) is 5.73 Å². The molecular formula is C14H25N5O7. The fraction of sp³-hybridized carbons (Fsp3) is 0.643. The maximum atomic E-state index is 11.7. The van der Waals surface area contributed by atoms with E-state index in [-0.39, 0.29) is 6.61 Å². The van der Waals surface area contributed by atoms with Crippen molar-refractivity contribution in [1.29, 1.82) is 10.8 Å². The summed E-state index contributed by atoms with van der Waals surface area (Å²) < 4.78 is 4.85. The van der Waals surface area contributed by atoms with Crippen LogP contribution < -0.4 is 16.5 Å². The van der Waals surface area contributed by atoms with Gasteiger partial charge in [0.15, 0.2) is 11.6 Å². The van der Waals surface area contributed by atoms with Crippen LogP contribution in [0, 0.1) is 10.8 Å². The summed E-state index contributed by atoms with van der Waals surface area (Å²) in [7, 11) is 0. The maximum Gasteiger partial charge on any atom is 0.336 e. The van der Waals surface area contributed by atoms with Crippen LogP contribution in [0.25, 0.3) is 0 Å². The predicted molar refractivity (Wildman–Crippen MR) is 88.9 cm³/mol. The highest BCUT2D eigenvalue weighted by molar-refractivity contribution is 5.95. The summed E-state index contributed by atoms with van der Waals surface area (Å²) >= 11 is 0. The number of hydrogen-bond donors (Lipinski definition) is 7. The van der Waals surface area contributed by atoms with Crippen LogP contribution in [0.4, 0.5) is 0 Å². The van der Waals surface area contributed by atoms with Crippen molar-refractivity contribution in [3.63, 3.8) is 0 Å². The van der Waals surface area contributed by atoms with Gasteiger partial charge in [-0.2, -0.15) is 5.48 Å². The van der Waals surface area contributed by atoms with Gasteiger partial charge in [-0.05, 0) is 6.42 Å². The molecule has 1 unspecified atom stereocenters. The molecule has 0 aliphatic rings. The van der Waals surface area contributed by atoms with E-state index in [1.54, 1.807) is 5.48 Å². The van der Waals surface area contributed by atoms with E-state index in [9.17, 15) is 19.5 Å². The third-order valence-electron chi connectivity index (χ3n) is 3.06. The lowest BCUT2D eigenvalue weighted by Crippen LogP contribution is -2.47. The number of guanidine groups is 2. The number of carboxylic acid groups (broad SMARTS) is 1. The Balaban J connectivity index is 4.47. The molecule has 0 spiro atoms. The fourth-order valence-electron chi connectivity index (χ4n) is 1.76. The minimum atomic E-state index is -2.71. The molecule has 26 heavy (non-hydrogen) atoms. The molecule has 0 aliphatic carbocycles. The van der Waals surface area contributed by atoms with Gasteiger partial charge in [0.25, 0.3) is 0 Å². The quantitative estimate of drug-likeness (QED) is 0.0828. The number of carbonyl (C=O) groups is 3. The molecule has 0 aromatic heterocycles. The number of nitrogens with one attached hydrogen (secondary N) is 4. The van der Waals surface area contributed by atoms with Crippen LogP contribution in [0.5, 0.6) is 0 Å². The van der Waals surface area contributed by atoms with Gasteiger partial charge in [0.1, 0.15) is 0 Å². The van der Waals surface area contributed by atoms with Crippen molar-refractivity contribution in [3.05, 3.63) is 0 Å². The molecule has 12 nitrogen and oxygen atoms in total. The van der Waals surface area contributed by atoms with Gasteiger partial charge < -0.3 is 25.5 Å². The molecule has 0 aliphatic heterocycles. The first kappa shape index (κ1) is 23.1. The summed E-state index contributed by atoms with van der Waals surface area (Å²) in [4.78, 5) is 38.8. The van der Waals surface area contributed by atoms with Gasteiger partial charge in [-0.3, -0.25) is 20.9 Å². The molecular weight excluding hydrogens is 350 g/mol. The van der Waals surface area contributed by atoms with Crippen molar-refractivity contribution >= 4 is 29.8 Å². The third-order valence-corrected chi connectivity index (χ3v) is 3.06. The fourth-order valence-corrected chi connectivity index (χ4v) is 1.76. The summed E-state index contributed by atoms with van der Waals surface area (Å²) in [6.07, 6.45) is 1.45. The van der Waals surface area contributed by atoms with Crippen molar-refractivity contribution in [3.8, 4) is 0 Å². The van der Waals surface area contributed by atoms with Gasteiger partial charge >= 0.3 is 17.9 Å². The summed E-state index contributed by atoms with van der Waals surface area (Å²) in [6.45, 7) is 2.11. The molecule has 148 valence electrons. The van der Waals surface area contributed by atoms with Gasteiger partial charge in [0, 0.05) is 0 Å². The molecule has 0 fully saturated rings. The molecule has 0 saturated carbocycles. The molecule has 1 atom stereocenters. The zero-order valence-corrected chi connectivity index (χ0v) is 14.5. The number of unbranched alkanes of at least 4 members (excludes halogenated alkanes) is 3. The second-order valence-electron chi connectivity index (χ2n) is 5.46. The number of esters is 1. The lowest BCUT2D eigenvalue weighted by atomic mass is 9.96. The Morgan fingerprint density at radius 2 is 1.73 bits per heavy atom. The highest BCUT2D eigenvalue weighted by atomic mass is 16.7. The average molecular weight is 375 g/mol. The van der Waals surface area contributed by atoms with Crippen molar-refractivity contribution in [1.82, 2.24) is 10.8 Å². The minimum absolute atomic E-state index is 0.0917. The second kappa shape index (κ2) is 11.6. The highest BCUT2D eigenvalue weighted by Crippen LogP contribution is 2.18. The van der Waals surface area contributed by atoms with E-state index in [4.69, 9.17) is 26.4 Å². The third kappa shape index (κ3) is 10.1. The van der Waals surface area contributed by atoms with Gasteiger partial charge in [0.2, 0.25) is 5.96 Å². The number of nitrogens with two attached hydrogens (primary N) is 1. The molecule has 0 saturated heterocycles. The zero-order chi connectivity index (χ0) is 20.2. The first-order valence-electron chi connectivity index (χ1n) is 7.87. The molecule has 0 aromatic carbocycles. The molecule has 0 radical (unpaired) electrons. The van der Waals surface area contributed by atoms with Gasteiger partial charge in [-0.15, -0.1) is 0 Å².